The van der Waals surface area contributed by atoms with Crippen LogP contribution in [0.2, 0.25) is 5.02 Å². The molecular formula is C25H29ClN4O3. The van der Waals surface area contributed by atoms with Crippen LogP contribution >= 0.6 is 11.6 Å². The average Bonchev–Trinajstić information content (AvgIpc) is 2.83. The van der Waals surface area contributed by atoms with Gasteiger partial charge in [-0.3, -0.25) is 9.59 Å². The standard InChI is InChI=1S/C25H29ClN4O3/c1-2-29-12-14-30(15-13-29)11-5-10-27-24(31)19-8-9-22-21(16-19)28-25(32)23(33-22)17-18-6-3-4-7-20(18)26/h3-4,6-9,16-17H,2,5,10-15H2,1H3,(H,27,31)(H,28,32). The van der Waals surface area contributed by atoms with Crippen molar-refractivity contribution < 1.29 is 14.3 Å². The zero-order valence-corrected chi connectivity index (χ0v) is 19.5. The highest BCUT2D eigenvalue weighted by molar-refractivity contribution is 6.32. The van der Waals surface area contributed by atoms with Gasteiger partial charge in [0.05, 0.1) is 5.69 Å². The number of fused-ring (bicyclic) bond motifs is 1. The Morgan fingerprint density at radius 3 is 2.67 bits per heavy atom. The highest BCUT2D eigenvalue weighted by Crippen LogP contribution is 2.33. The van der Waals surface area contributed by atoms with Gasteiger partial charge in [0.25, 0.3) is 11.8 Å². The molecule has 0 unspecified atom stereocenters. The van der Waals surface area contributed by atoms with E-state index in [1.54, 1.807) is 36.4 Å². The number of halogens is 1. The van der Waals surface area contributed by atoms with Crippen LogP contribution in [-0.4, -0.2) is 67.4 Å². The van der Waals surface area contributed by atoms with Crippen LogP contribution in [0.25, 0.3) is 6.08 Å². The van der Waals surface area contributed by atoms with Crippen LogP contribution < -0.4 is 15.4 Å². The van der Waals surface area contributed by atoms with Crippen molar-refractivity contribution in [1.82, 2.24) is 15.1 Å². The zero-order chi connectivity index (χ0) is 23.2. The third-order valence-electron chi connectivity index (χ3n) is 5.97. The Bertz CT molecular complexity index is 1050. The van der Waals surface area contributed by atoms with E-state index < -0.39 is 0 Å². The largest absolute Gasteiger partial charge is 0.449 e. The van der Waals surface area contributed by atoms with Crippen molar-refractivity contribution >= 4 is 35.2 Å². The fourth-order valence-electron chi connectivity index (χ4n) is 3.97. The highest BCUT2D eigenvalue weighted by atomic mass is 35.5. The molecule has 0 spiro atoms. The van der Waals surface area contributed by atoms with Gasteiger partial charge in [-0.1, -0.05) is 36.7 Å². The molecule has 1 saturated heterocycles. The lowest BCUT2D eigenvalue weighted by molar-refractivity contribution is -0.115. The van der Waals surface area contributed by atoms with Crippen LogP contribution in [0.15, 0.2) is 48.2 Å². The molecule has 2 aliphatic heterocycles. The van der Waals surface area contributed by atoms with Gasteiger partial charge in [0.15, 0.2) is 11.5 Å². The lowest BCUT2D eigenvalue weighted by Gasteiger charge is -2.33. The van der Waals surface area contributed by atoms with Gasteiger partial charge in [-0.15, -0.1) is 0 Å². The average molecular weight is 469 g/mol. The molecule has 0 aliphatic carbocycles. The van der Waals surface area contributed by atoms with Crippen molar-refractivity contribution in [2.24, 2.45) is 0 Å². The maximum Gasteiger partial charge on any atom is 0.291 e. The first-order valence-corrected chi connectivity index (χ1v) is 11.7. The molecule has 2 aromatic rings. The number of carbonyl (C=O) groups excluding carboxylic acids is 2. The van der Waals surface area contributed by atoms with Crippen LogP contribution in [-0.2, 0) is 4.79 Å². The molecule has 0 radical (unpaired) electrons. The molecular weight excluding hydrogens is 440 g/mol. The van der Waals surface area contributed by atoms with Gasteiger partial charge in [-0.2, -0.15) is 0 Å². The molecule has 2 heterocycles. The van der Waals surface area contributed by atoms with E-state index in [1.807, 2.05) is 12.1 Å². The van der Waals surface area contributed by atoms with Crippen LogP contribution in [0.3, 0.4) is 0 Å². The second-order valence-electron chi connectivity index (χ2n) is 8.18. The van der Waals surface area contributed by atoms with Crippen LogP contribution in [0.4, 0.5) is 5.69 Å². The van der Waals surface area contributed by atoms with Gasteiger partial charge in [-0.25, -0.2) is 0 Å². The lowest BCUT2D eigenvalue weighted by Crippen LogP contribution is -2.46. The first kappa shape index (κ1) is 23.3. The highest BCUT2D eigenvalue weighted by Gasteiger charge is 2.23. The predicted octanol–water partition coefficient (Wildman–Crippen LogP) is 3.47. The molecule has 1 fully saturated rings. The third-order valence-corrected chi connectivity index (χ3v) is 6.32. The van der Waals surface area contributed by atoms with E-state index in [9.17, 15) is 9.59 Å². The summed E-state index contributed by atoms with van der Waals surface area (Å²) in [5.41, 5.74) is 1.64. The molecule has 4 rings (SSSR count). The molecule has 0 atom stereocenters. The number of hydrogen-bond acceptors (Lipinski definition) is 5. The Hall–Kier alpha value is -2.87. The van der Waals surface area contributed by atoms with Crippen molar-refractivity contribution in [3.8, 4) is 5.75 Å². The minimum atomic E-state index is -0.386. The molecule has 0 aromatic heterocycles. The molecule has 0 saturated carbocycles. The number of benzene rings is 2. The van der Waals surface area contributed by atoms with Gasteiger partial charge < -0.3 is 25.2 Å². The maximum atomic E-state index is 12.6. The predicted molar refractivity (Wildman–Crippen MR) is 131 cm³/mol. The monoisotopic (exact) mass is 468 g/mol. The first-order valence-electron chi connectivity index (χ1n) is 11.4. The van der Waals surface area contributed by atoms with E-state index >= 15 is 0 Å². The van der Waals surface area contributed by atoms with Gasteiger partial charge >= 0.3 is 0 Å². The molecule has 2 N–H and O–H groups in total. The number of nitrogens with one attached hydrogen (secondary N) is 2. The van der Waals surface area contributed by atoms with Crippen LogP contribution in [0, 0.1) is 0 Å². The number of ether oxygens (including phenoxy) is 1. The van der Waals surface area contributed by atoms with E-state index in [0.717, 1.165) is 45.7 Å². The molecule has 8 heteroatoms. The summed E-state index contributed by atoms with van der Waals surface area (Å²) in [6.07, 6.45) is 2.50. The summed E-state index contributed by atoms with van der Waals surface area (Å²) in [5.74, 6) is 0.0756. The normalized spacial score (nSPS) is 17.9. The van der Waals surface area contributed by atoms with Crippen molar-refractivity contribution in [3.05, 3.63) is 64.4 Å². The SMILES string of the molecule is CCN1CCN(CCCNC(=O)c2ccc3c(c2)NC(=O)C(=Cc2ccccc2Cl)O3)CC1. The fourth-order valence-corrected chi connectivity index (χ4v) is 4.16. The first-order chi connectivity index (χ1) is 16.0. The molecule has 174 valence electrons. The van der Waals surface area contributed by atoms with Crippen LogP contribution in [0.1, 0.15) is 29.3 Å². The number of rotatable bonds is 7. The number of piperazine rings is 1. The second kappa shape index (κ2) is 10.8. The summed E-state index contributed by atoms with van der Waals surface area (Å²) in [5, 5.41) is 6.30. The molecule has 7 nitrogen and oxygen atoms in total. The summed E-state index contributed by atoms with van der Waals surface area (Å²) < 4.78 is 5.77. The fraction of sp³-hybridized carbons (Fsp3) is 0.360. The van der Waals surface area contributed by atoms with E-state index in [-0.39, 0.29) is 17.6 Å². The smallest absolute Gasteiger partial charge is 0.291 e. The van der Waals surface area contributed by atoms with E-state index in [1.165, 1.54) is 0 Å². The Balaban J connectivity index is 1.30. The number of anilines is 1. The Kier molecular flexibility index (Phi) is 7.65. The summed E-state index contributed by atoms with van der Waals surface area (Å²) in [6, 6.07) is 12.2. The van der Waals surface area contributed by atoms with Gasteiger partial charge in [0, 0.05) is 43.3 Å². The summed E-state index contributed by atoms with van der Waals surface area (Å²) in [6.45, 7) is 9.28. The topological polar surface area (TPSA) is 73.9 Å². The van der Waals surface area contributed by atoms with Crippen LogP contribution in [0.5, 0.6) is 5.75 Å². The third kappa shape index (κ3) is 5.93. The molecule has 0 bridgehead atoms. The van der Waals surface area contributed by atoms with E-state index in [0.29, 0.717) is 34.1 Å². The Morgan fingerprint density at radius 1 is 1.15 bits per heavy atom. The minimum absolute atomic E-state index is 0.146. The summed E-state index contributed by atoms with van der Waals surface area (Å²) in [7, 11) is 0. The zero-order valence-electron chi connectivity index (χ0n) is 18.8. The van der Waals surface area contributed by atoms with Gasteiger partial charge in [-0.05, 0) is 55.4 Å². The van der Waals surface area contributed by atoms with E-state index in [4.69, 9.17) is 16.3 Å². The number of nitrogens with zero attached hydrogens (tertiary/aromatic N) is 2. The van der Waals surface area contributed by atoms with Gasteiger partial charge in [0.2, 0.25) is 0 Å². The van der Waals surface area contributed by atoms with Gasteiger partial charge in [0.1, 0.15) is 0 Å². The van der Waals surface area contributed by atoms with Crippen molar-refractivity contribution in [2.75, 3.05) is 51.1 Å². The van der Waals surface area contributed by atoms with Crippen molar-refractivity contribution in [2.45, 2.75) is 13.3 Å². The van der Waals surface area contributed by atoms with Crippen molar-refractivity contribution in [3.63, 3.8) is 0 Å². The summed E-state index contributed by atoms with van der Waals surface area (Å²) >= 11 is 6.17. The number of amides is 2. The maximum absolute atomic E-state index is 12.6. The molecule has 2 amide bonds. The Labute approximate surface area is 199 Å². The Morgan fingerprint density at radius 2 is 1.91 bits per heavy atom. The second-order valence-corrected chi connectivity index (χ2v) is 8.59. The lowest BCUT2D eigenvalue weighted by atomic mass is 10.1. The summed E-state index contributed by atoms with van der Waals surface area (Å²) in [4.78, 5) is 30.0. The number of hydrogen-bond donors (Lipinski definition) is 2. The molecule has 2 aliphatic rings. The van der Waals surface area contributed by atoms with E-state index in [2.05, 4.69) is 27.4 Å². The number of carbonyl (C=O) groups is 2. The molecule has 2 aromatic carbocycles. The minimum Gasteiger partial charge on any atom is -0.449 e. The number of likely N-dealkylation sites (N-methyl/N-ethyl adjacent to an activating group) is 1. The molecule has 33 heavy (non-hydrogen) atoms. The quantitative estimate of drug-likeness (QED) is 0.481. The van der Waals surface area contributed by atoms with Crippen molar-refractivity contribution in [1.29, 1.82) is 0 Å².